The first-order valence-corrected chi connectivity index (χ1v) is 13.6. The van der Waals surface area contributed by atoms with Crippen LogP contribution in [0.25, 0.3) is 0 Å². The van der Waals surface area contributed by atoms with Crippen molar-refractivity contribution in [3.05, 3.63) is 70.8 Å². The number of esters is 2. The molecule has 0 radical (unpaired) electrons. The first kappa shape index (κ1) is 38.0. The van der Waals surface area contributed by atoms with Gasteiger partial charge >= 0.3 is 17.9 Å². The zero-order valence-corrected chi connectivity index (χ0v) is 25.6. The summed E-state index contributed by atoms with van der Waals surface area (Å²) in [4.78, 5) is 33.6. The second-order valence-corrected chi connectivity index (χ2v) is 10.1. The van der Waals surface area contributed by atoms with Crippen molar-refractivity contribution in [3.63, 3.8) is 0 Å². The molecule has 0 atom stereocenters. The van der Waals surface area contributed by atoms with Crippen LogP contribution in [0.1, 0.15) is 109 Å². The van der Waals surface area contributed by atoms with Crippen LogP contribution < -0.4 is 0 Å². The Morgan fingerprint density at radius 1 is 0.615 bits per heavy atom. The van der Waals surface area contributed by atoms with Crippen LogP contribution >= 0.6 is 0 Å². The topological polar surface area (TPSA) is 110 Å². The Morgan fingerprint density at radius 2 is 0.923 bits per heavy atom. The summed E-state index contributed by atoms with van der Waals surface area (Å²) >= 11 is 0. The second-order valence-electron chi connectivity index (χ2n) is 10.1. The van der Waals surface area contributed by atoms with Crippen molar-refractivity contribution in [2.24, 2.45) is 0 Å². The van der Waals surface area contributed by atoms with Gasteiger partial charge in [-0.3, -0.25) is 9.59 Å². The third-order valence-electron chi connectivity index (χ3n) is 4.48. The van der Waals surface area contributed by atoms with E-state index in [1.807, 2.05) is 93.5 Å². The van der Waals surface area contributed by atoms with E-state index in [2.05, 4.69) is 0 Å². The van der Waals surface area contributed by atoms with Gasteiger partial charge in [-0.25, -0.2) is 4.79 Å². The van der Waals surface area contributed by atoms with E-state index in [1.54, 1.807) is 12.1 Å². The number of hydrogen-bond donors (Lipinski definition) is 2. The summed E-state index contributed by atoms with van der Waals surface area (Å²) in [5.41, 5.74) is 2.24. The number of benzene rings is 2. The molecule has 0 fully saturated rings. The van der Waals surface area contributed by atoms with Crippen LogP contribution in [-0.4, -0.2) is 39.3 Å². The molecule has 2 aromatic rings. The standard InChI is InChI=1S/C14H18O4.C14H20O3.2C2H6/c1-14(2,3)18-12(15)9-6-10-4-7-11(8-5-10)13(16)17;1-14(2,3)17-13(16)9-8-11-4-6-12(10-15)7-5-11;2*1-2/h4-5,7-8H,6,9H2,1-3H3,(H,16,17);4-7,15H,8-10H2,1-3H3;2*1-2H3. The summed E-state index contributed by atoms with van der Waals surface area (Å²) < 4.78 is 10.4. The molecule has 0 saturated heterocycles. The maximum absolute atomic E-state index is 11.5. The summed E-state index contributed by atoms with van der Waals surface area (Å²) in [6.07, 6.45) is 1.90. The first-order valence-electron chi connectivity index (χ1n) is 13.6. The van der Waals surface area contributed by atoms with Crippen molar-refractivity contribution in [2.75, 3.05) is 0 Å². The zero-order valence-electron chi connectivity index (χ0n) is 25.6. The minimum Gasteiger partial charge on any atom is -0.478 e. The molecule has 2 aromatic carbocycles. The molecular formula is C32H50O7. The molecule has 0 heterocycles. The molecule has 0 unspecified atom stereocenters. The number of carbonyl (C=O) groups is 3. The van der Waals surface area contributed by atoms with Gasteiger partial charge < -0.3 is 19.7 Å². The Labute approximate surface area is 235 Å². The number of aromatic carboxylic acids is 1. The summed E-state index contributed by atoms with van der Waals surface area (Å²) in [7, 11) is 0. The molecule has 0 spiro atoms. The molecule has 0 aliphatic carbocycles. The fourth-order valence-electron chi connectivity index (χ4n) is 2.90. The second kappa shape index (κ2) is 19.8. The summed E-state index contributed by atoms with van der Waals surface area (Å²) in [5, 5.41) is 17.6. The Bertz CT molecular complexity index is 948. The minimum atomic E-state index is -0.950. The van der Waals surface area contributed by atoms with Gasteiger partial charge in [0, 0.05) is 12.8 Å². The van der Waals surface area contributed by atoms with Crippen LogP contribution in [-0.2, 0) is 38.5 Å². The Morgan fingerprint density at radius 3 is 1.21 bits per heavy atom. The number of ether oxygens (including phenoxy) is 2. The van der Waals surface area contributed by atoms with E-state index in [1.165, 1.54) is 12.1 Å². The predicted octanol–water partition coefficient (Wildman–Crippen LogP) is 7.16. The number of aliphatic hydroxyl groups excluding tert-OH is 1. The molecule has 7 heteroatoms. The highest BCUT2D eigenvalue weighted by Crippen LogP contribution is 2.13. The van der Waals surface area contributed by atoms with Crippen molar-refractivity contribution < 1.29 is 34.1 Å². The first-order chi connectivity index (χ1) is 18.2. The summed E-state index contributed by atoms with van der Waals surface area (Å²) in [6.45, 7) is 19.1. The maximum atomic E-state index is 11.5. The van der Waals surface area contributed by atoms with E-state index in [4.69, 9.17) is 19.7 Å². The van der Waals surface area contributed by atoms with E-state index in [0.717, 1.165) is 16.7 Å². The fourth-order valence-corrected chi connectivity index (χ4v) is 2.90. The largest absolute Gasteiger partial charge is 0.478 e. The smallest absolute Gasteiger partial charge is 0.335 e. The van der Waals surface area contributed by atoms with Crippen LogP contribution in [0.15, 0.2) is 48.5 Å². The molecule has 220 valence electrons. The average molecular weight is 547 g/mol. The van der Waals surface area contributed by atoms with Gasteiger partial charge in [-0.05, 0) is 83.2 Å². The number of aryl methyl sites for hydroxylation is 2. The van der Waals surface area contributed by atoms with Crippen molar-refractivity contribution >= 4 is 17.9 Å². The average Bonchev–Trinajstić information content (AvgIpc) is 2.87. The van der Waals surface area contributed by atoms with Crippen LogP contribution in [0.2, 0.25) is 0 Å². The highest BCUT2D eigenvalue weighted by molar-refractivity contribution is 5.87. The van der Waals surface area contributed by atoms with E-state index in [-0.39, 0.29) is 24.1 Å². The van der Waals surface area contributed by atoms with Gasteiger partial charge in [-0.15, -0.1) is 0 Å². The zero-order chi connectivity index (χ0) is 30.6. The van der Waals surface area contributed by atoms with Gasteiger partial charge in [0.15, 0.2) is 0 Å². The molecule has 2 N–H and O–H groups in total. The van der Waals surface area contributed by atoms with Crippen LogP contribution in [0.5, 0.6) is 0 Å². The molecular weight excluding hydrogens is 496 g/mol. The van der Waals surface area contributed by atoms with Crippen LogP contribution in [0, 0.1) is 0 Å². The van der Waals surface area contributed by atoms with Gasteiger partial charge in [0.25, 0.3) is 0 Å². The van der Waals surface area contributed by atoms with E-state index < -0.39 is 17.2 Å². The lowest BCUT2D eigenvalue weighted by molar-refractivity contribution is -0.155. The van der Waals surface area contributed by atoms with Gasteiger partial charge in [0.05, 0.1) is 12.2 Å². The third-order valence-corrected chi connectivity index (χ3v) is 4.48. The quantitative estimate of drug-likeness (QED) is 0.338. The van der Waals surface area contributed by atoms with Gasteiger partial charge in [0.1, 0.15) is 11.2 Å². The predicted molar refractivity (Wildman–Crippen MR) is 157 cm³/mol. The number of hydrogen-bond acceptors (Lipinski definition) is 6. The molecule has 2 rings (SSSR count). The number of carboxylic acids is 1. The number of carbonyl (C=O) groups excluding carboxylic acids is 2. The van der Waals surface area contributed by atoms with E-state index in [0.29, 0.717) is 25.7 Å². The molecule has 0 saturated carbocycles. The monoisotopic (exact) mass is 546 g/mol. The van der Waals surface area contributed by atoms with Crippen molar-refractivity contribution in [2.45, 2.75) is 113 Å². The van der Waals surface area contributed by atoms with Gasteiger partial charge in [0.2, 0.25) is 0 Å². The van der Waals surface area contributed by atoms with Gasteiger partial charge in [-0.1, -0.05) is 64.1 Å². The lowest BCUT2D eigenvalue weighted by Gasteiger charge is -2.19. The molecule has 0 amide bonds. The molecule has 0 aliphatic rings. The van der Waals surface area contributed by atoms with Crippen molar-refractivity contribution in [1.29, 1.82) is 0 Å². The van der Waals surface area contributed by atoms with E-state index >= 15 is 0 Å². The fraction of sp³-hybridized carbons (Fsp3) is 0.531. The Balaban J connectivity index is 0. The van der Waals surface area contributed by atoms with E-state index in [9.17, 15) is 14.4 Å². The van der Waals surface area contributed by atoms with Crippen molar-refractivity contribution in [3.8, 4) is 0 Å². The lowest BCUT2D eigenvalue weighted by Crippen LogP contribution is -2.24. The maximum Gasteiger partial charge on any atom is 0.335 e. The number of carboxylic acid groups (broad SMARTS) is 1. The normalized spacial score (nSPS) is 10.3. The summed E-state index contributed by atoms with van der Waals surface area (Å²) in [6, 6.07) is 14.1. The Kier molecular flexibility index (Phi) is 19.3. The molecule has 0 bridgehead atoms. The van der Waals surface area contributed by atoms with Crippen LogP contribution in [0.3, 0.4) is 0 Å². The number of aliphatic hydroxyl groups is 1. The Hall–Kier alpha value is -3.19. The highest BCUT2D eigenvalue weighted by atomic mass is 16.6. The SMILES string of the molecule is CC.CC.CC(C)(C)OC(=O)CCc1ccc(C(=O)O)cc1.CC(C)(C)OC(=O)CCc1ccc(CO)cc1. The van der Waals surface area contributed by atoms with Crippen molar-refractivity contribution in [1.82, 2.24) is 0 Å². The molecule has 0 aromatic heterocycles. The summed E-state index contributed by atoms with van der Waals surface area (Å²) in [5.74, 6) is -1.37. The highest BCUT2D eigenvalue weighted by Gasteiger charge is 2.16. The minimum absolute atomic E-state index is 0.0480. The molecule has 7 nitrogen and oxygen atoms in total. The lowest BCUT2D eigenvalue weighted by atomic mass is 10.1. The molecule has 0 aliphatic heterocycles. The van der Waals surface area contributed by atoms with Gasteiger partial charge in [-0.2, -0.15) is 0 Å². The number of rotatable bonds is 8. The molecule has 39 heavy (non-hydrogen) atoms. The van der Waals surface area contributed by atoms with Crippen LogP contribution in [0.4, 0.5) is 0 Å². The third kappa shape index (κ3) is 20.4.